The van der Waals surface area contributed by atoms with Gasteiger partial charge in [0.1, 0.15) is 6.04 Å². The maximum absolute atomic E-state index is 13.2. The summed E-state index contributed by atoms with van der Waals surface area (Å²) in [5, 5.41) is 11.7. The van der Waals surface area contributed by atoms with E-state index >= 15 is 0 Å². The van der Waals surface area contributed by atoms with E-state index in [1.807, 2.05) is 0 Å². The molecule has 0 saturated heterocycles. The third kappa shape index (κ3) is 3.69. The minimum Gasteiger partial charge on any atom is -0.307 e. The first kappa shape index (κ1) is 20.1. The molecule has 2 atom stereocenters. The molecule has 1 aliphatic rings. The number of benzene rings is 1. The topological polar surface area (TPSA) is 57.3 Å². The Morgan fingerprint density at radius 3 is 2.60 bits per heavy atom. The molecule has 3 aromatic rings. The Labute approximate surface area is 168 Å². The fourth-order valence-electron chi connectivity index (χ4n) is 3.60. The Morgan fingerprint density at radius 2 is 1.90 bits per heavy atom. The summed E-state index contributed by atoms with van der Waals surface area (Å²) in [6.07, 6.45) is -2.35. The highest BCUT2D eigenvalue weighted by molar-refractivity contribution is 5.98. The molecule has 1 N–H and O–H groups in total. The molecule has 0 spiro atoms. The van der Waals surface area contributed by atoms with Crippen LogP contribution in [0.4, 0.5) is 17.6 Å². The number of aromatic nitrogens is 2. The van der Waals surface area contributed by atoms with Crippen molar-refractivity contribution in [1.82, 2.24) is 10.0 Å². The Bertz CT molecular complexity index is 1090. The minimum atomic E-state index is -4.58. The van der Waals surface area contributed by atoms with Gasteiger partial charge in [-0.1, -0.05) is 18.2 Å². The third-order valence-corrected chi connectivity index (χ3v) is 5.02. The molecule has 1 aromatic carbocycles. The molecule has 154 valence electrons. The van der Waals surface area contributed by atoms with E-state index in [-0.39, 0.29) is 17.7 Å². The van der Waals surface area contributed by atoms with Gasteiger partial charge in [0, 0.05) is 18.3 Å². The Kier molecular flexibility index (Phi) is 5.08. The van der Waals surface area contributed by atoms with Crippen molar-refractivity contribution in [2.24, 2.45) is 0 Å². The first-order valence-electron chi connectivity index (χ1n) is 9.05. The van der Waals surface area contributed by atoms with Crippen molar-refractivity contribution >= 4 is 5.78 Å². The molecule has 5 nitrogen and oxygen atoms in total. The van der Waals surface area contributed by atoms with Crippen molar-refractivity contribution in [3.8, 4) is 0 Å². The number of alkyl halides is 3. The summed E-state index contributed by atoms with van der Waals surface area (Å²) in [7, 11) is 0. The van der Waals surface area contributed by atoms with Crippen LogP contribution in [0.1, 0.15) is 39.4 Å². The minimum absolute atomic E-state index is 0.0228. The van der Waals surface area contributed by atoms with E-state index in [9.17, 15) is 27.6 Å². The van der Waals surface area contributed by atoms with Gasteiger partial charge in [-0.05, 0) is 35.4 Å². The van der Waals surface area contributed by atoms with Crippen molar-refractivity contribution in [2.45, 2.75) is 24.8 Å². The van der Waals surface area contributed by atoms with Crippen LogP contribution in [0.2, 0.25) is 0 Å². The average molecular weight is 418 g/mol. The fourth-order valence-corrected chi connectivity index (χ4v) is 3.60. The Hall–Kier alpha value is -3.17. The maximum Gasteiger partial charge on any atom is 0.416 e. The van der Waals surface area contributed by atoms with E-state index in [1.54, 1.807) is 24.4 Å². The SMILES string of the molecule is O=C1c2cccc[n+]2C(Cc2ccc(F)nc2)N(O)C1c1cccc(C(F)(F)F)c1. The summed E-state index contributed by atoms with van der Waals surface area (Å²) in [5.41, 5.74) is -0.0631. The molecule has 2 unspecified atom stereocenters. The summed E-state index contributed by atoms with van der Waals surface area (Å²) in [5.74, 6) is -1.20. The van der Waals surface area contributed by atoms with Gasteiger partial charge in [-0.3, -0.25) is 4.79 Å². The maximum atomic E-state index is 13.2. The molecule has 0 radical (unpaired) electrons. The van der Waals surface area contributed by atoms with Crippen LogP contribution < -0.4 is 4.57 Å². The van der Waals surface area contributed by atoms with Crippen LogP contribution in [-0.2, 0) is 12.6 Å². The standard InChI is InChI=1S/C21H16F4N3O2/c22-17-8-7-13(12-26-17)10-18-27-9-2-1-6-16(27)20(29)19(28(18)30)14-4-3-5-15(11-14)21(23,24)25/h1-9,11-12,18-19,30H,10H2/q+1. The normalized spacial score (nSPS) is 19.6. The molecule has 0 bridgehead atoms. The highest BCUT2D eigenvalue weighted by atomic mass is 19.4. The van der Waals surface area contributed by atoms with Gasteiger partial charge in [0.15, 0.2) is 6.20 Å². The second kappa shape index (κ2) is 7.58. The van der Waals surface area contributed by atoms with Gasteiger partial charge in [-0.15, -0.1) is 5.06 Å². The number of carbonyl (C=O) groups is 1. The summed E-state index contributed by atoms with van der Waals surface area (Å²) in [6.45, 7) is 0. The molecule has 0 fully saturated rings. The van der Waals surface area contributed by atoms with E-state index < -0.39 is 35.7 Å². The smallest absolute Gasteiger partial charge is 0.307 e. The lowest BCUT2D eigenvalue weighted by atomic mass is 9.94. The predicted molar refractivity (Wildman–Crippen MR) is 95.7 cm³/mol. The van der Waals surface area contributed by atoms with Gasteiger partial charge in [-0.25, -0.2) is 4.98 Å². The second-order valence-electron chi connectivity index (χ2n) is 6.94. The summed E-state index contributed by atoms with van der Waals surface area (Å²) >= 11 is 0. The van der Waals surface area contributed by atoms with Crippen molar-refractivity contribution in [3.05, 3.63) is 95.3 Å². The van der Waals surface area contributed by atoms with Crippen molar-refractivity contribution in [3.63, 3.8) is 0 Å². The number of hydroxylamine groups is 2. The Morgan fingerprint density at radius 1 is 1.10 bits per heavy atom. The highest BCUT2D eigenvalue weighted by Gasteiger charge is 2.47. The molecule has 0 aliphatic carbocycles. The van der Waals surface area contributed by atoms with E-state index in [0.717, 1.165) is 17.2 Å². The van der Waals surface area contributed by atoms with E-state index in [2.05, 4.69) is 4.98 Å². The van der Waals surface area contributed by atoms with Crippen molar-refractivity contribution in [2.75, 3.05) is 0 Å². The van der Waals surface area contributed by atoms with Crippen LogP contribution in [0.25, 0.3) is 0 Å². The molecule has 4 rings (SSSR count). The number of pyridine rings is 2. The van der Waals surface area contributed by atoms with Gasteiger partial charge < -0.3 is 5.21 Å². The lowest BCUT2D eigenvalue weighted by Gasteiger charge is -2.33. The fraction of sp³-hybridized carbons (Fsp3) is 0.190. The lowest BCUT2D eigenvalue weighted by Crippen LogP contribution is -2.59. The molecular weight excluding hydrogens is 402 g/mol. The second-order valence-corrected chi connectivity index (χ2v) is 6.94. The van der Waals surface area contributed by atoms with Crippen molar-refractivity contribution < 1.29 is 32.1 Å². The number of fused-ring (bicyclic) bond motifs is 1. The largest absolute Gasteiger partial charge is 0.416 e. The van der Waals surface area contributed by atoms with Crippen LogP contribution in [0.15, 0.2) is 67.0 Å². The molecule has 1 aliphatic heterocycles. The van der Waals surface area contributed by atoms with Crippen LogP contribution >= 0.6 is 0 Å². The van der Waals surface area contributed by atoms with Gasteiger partial charge in [0.25, 0.3) is 11.5 Å². The predicted octanol–water partition coefficient (Wildman–Crippen LogP) is 3.90. The quantitative estimate of drug-likeness (QED) is 0.398. The van der Waals surface area contributed by atoms with Gasteiger partial charge in [0.05, 0.1) is 12.0 Å². The van der Waals surface area contributed by atoms with E-state index in [0.29, 0.717) is 5.56 Å². The van der Waals surface area contributed by atoms with Gasteiger partial charge in [0.2, 0.25) is 12.1 Å². The molecule has 3 heterocycles. The number of ketones is 1. The zero-order chi connectivity index (χ0) is 21.5. The lowest BCUT2D eigenvalue weighted by molar-refractivity contribution is -0.764. The number of rotatable bonds is 3. The van der Waals surface area contributed by atoms with Gasteiger partial charge in [-0.2, -0.15) is 22.1 Å². The number of hydrogen-bond donors (Lipinski definition) is 1. The first-order valence-corrected chi connectivity index (χ1v) is 9.05. The zero-order valence-electron chi connectivity index (χ0n) is 15.4. The molecular formula is C21H16F4N3O2+. The van der Waals surface area contributed by atoms with Crippen LogP contribution in [0, 0.1) is 5.95 Å². The van der Waals surface area contributed by atoms with E-state index in [1.165, 1.54) is 35.0 Å². The molecule has 0 saturated carbocycles. The summed E-state index contributed by atoms with van der Waals surface area (Å²) in [4.78, 5) is 16.7. The van der Waals surface area contributed by atoms with Crippen LogP contribution in [0.3, 0.4) is 0 Å². The average Bonchev–Trinajstić information content (AvgIpc) is 2.72. The number of hydrogen-bond acceptors (Lipinski definition) is 4. The highest BCUT2D eigenvalue weighted by Crippen LogP contribution is 2.35. The summed E-state index contributed by atoms with van der Waals surface area (Å²) in [6, 6.07) is 10.5. The van der Waals surface area contributed by atoms with Crippen LogP contribution in [0.5, 0.6) is 0 Å². The first-order chi connectivity index (χ1) is 14.3. The molecule has 9 heteroatoms. The van der Waals surface area contributed by atoms with Gasteiger partial charge >= 0.3 is 6.18 Å². The van der Waals surface area contributed by atoms with E-state index in [4.69, 9.17) is 0 Å². The molecule has 0 amide bonds. The van der Waals surface area contributed by atoms with Crippen LogP contribution in [-0.4, -0.2) is 21.0 Å². The third-order valence-electron chi connectivity index (χ3n) is 5.02. The number of nitrogens with zero attached hydrogens (tertiary/aromatic N) is 3. The molecule has 2 aromatic heterocycles. The molecule has 30 heavy (non-hydrogen) atoms. The summed E-state index contributed by atoms with van der Waals surface area (Å²) < 4.78 is 54.2. The van der Waals surface area contributed by atoms with Crippen molar-refractivity contribution in [1.29, 1.82) is 0 Å². The number of Topliss-reactive ketones (excluding diaryl/α,β-unsaturated/α-hetero) is 1. The number of carbonyl (C=O) groups excluding carboxylic acids is 1. The monoisotopic (exact) mass is 418 g/mol. The zero-order valence-corrected chi connectivity index (χ0v) is 15.4. The number of halogens is 4. The Balaban J connectivity index is 1.78.